The number of halogens is 2. The van der Waals surface area contributed by atoms with E-state index in [0.717, 1.165) is 5.56 Å². The molecular weight excluding hydrogens is 329 g/mol. The quantitative estimate of drug-likeness (QED) is 0.668. The molecule has 0 radical (unpaired) electrons. The Morgan fingerprint density at radius 1 is 1.35 bits per heavy atom. The number of pyridine rings is 1. The molecule has 1 heterocycles. The molecule has 0 saturated heterocycles. The second kappa shape index (κ2) is 6.42. The zero-order valence-electron chi connectivity index (χ0n) is 10.3. The molecule has 0 aliphatic rings. The lowest BCUT2D eigenvalue weighted by Crippen LogP contribution is -2.08. The Bertz CT molecular complexity index is 620. The number of hydrogen-bond acceptors (Lipinski definition) is 4. The van der Waals surface area contributed by atoms with Gasteiger partial charge in [-0.1, -0.05) is 12.1 Å². The summed E-state index contributed by atoms with van der Waals surface area (Å²) in [7, 11) is 0. The number of benzene rings is 1. The van der Waals surface area contributed by atoms with Gasteiger partial charge in [-0.15, -0.1) is 0 Å². The predicted molar refractivity (Wildman–Crippen MR) is 77.2 cm³/mol. The van der Waals surface area contributed by atoms with Gasteiger partial charge in [0.25, 0.3) is 5.69 Å². The molecular formula is C13H11BrFN3O2. The van der Waals surface area contributed by atoms with E-state index in [9.17, 15) is 14.5 Å². The van der Waals surface area contributed by atoms with E-state index >= 15 is 0 Å². The van der Waals surface area contributed by atoms with Gasteiger partial charge in [-0.2, -0.15) is 0 Å². The van der Waals surface area contributed by atoms with Gasteiger partial charge in [-0.3, -0.25) is 10.1 Å². The minimum absolute atomic E-state index is 0.0577. The summed E-state index contributed by atoms with van der Waals surface area (Å²) < 4.78 is 14.1. The lowest BCUT2D eigenvalue weighted by molar-refractivity contribution is -0.384. The minimum Gasteiger partial charge on any atom is -0.367 e. The van der Waals surface area contributed by atoms with Gasteiger partial charge in [0.2, 0.25) is 0 Å². The van der Waals surface area contributed by atoms with Crippen LogP contribution in [0.15, 0.2) is 41.0 Å². The Hall–Kier alpha value is -2.02. The molecule has 2 aromatic rings. The molecule has 0 bridgehead atoms. The highest BCUT2D eigenvalue weighted by Crippen LogP contribution is 2.16. The maximum absolute atomic E-state index is 13.5. The Kier molecular flexibility index (Phi) is 4.62. The Morgan fingerprint density at radius 2 is 2.05 bits per heavy atom. The molecule has 0 saturated carbocycles. The summed E-state index contributed by atoms with van der Waals surface area (Å²) in [6.07, 6.45) is 2.13. The van der Waals surface area contributed by atoms with Crippen LogP contribution in [0, 0.1) is 15.9 Å². The third-order valence-electron chi connectivity index (χ3n) is 2.66. The fourth-order valence-electron chi connectivity index (χ4n) is 1.65. The highest BCUT2D eigenvalue weighted by atomic mass is 79.9. The van der Waals surface area contributed by atoms with Crippen LogP contribution >= 0.6 is 15.9 Å². The molecule has 104 valence electrons. The second-order valence-corrected chi connectivity index (χ2v) is 5.00. The highest BCUT2D eigenvalue weighted by molar-refractivity contribution is 9.10. The Balaban J connectivity index is 1.91. The smallest absolute Gasteiger partial charge is 0.269 e. The summed E-state index contributed by atoms with van der Waals surface area (Å²) in [6.45, 7) is 0.489. The molecule has 2 rings (SSSR count). The molecule has 0 unspecified atom stereocenters. The summed E-state index contributed by atoms with van der Waals surface area (Å²) in [4.78, 5) is 14.0. The molecule has 1 aromatic heterocycles. The first-order chi connectivity index (χ1) is 9.56. The van der Waals surface area contributed by atoms with E-state index in [0.29, 0.717) is 17.4 Å². The van der Waals surface area contributed by atoms with Crippen LogP contribution in [0.5, 0.6) is 0 Å². The average molecular weight is 340 g/mol. The van der Waals surface area contributed by atoms with Crippen molar-refractivity contribution in [1.82, 2.24) is 4.98 Å². The van der Waals surface area contributed by atoms with Crippen LogP contribution in [0.3, 0.4) is 0 Å². The van der Waals surface area contributed by atoms with Crippen LogP contribution in [0.2, 0.25) is 0 Å². The van der Waals surface area contributed by atoms with Crippen LogP contribution in [0.4, 0.5) is 15.9 Å². The minimum atomic E-state index is -0.441. The number of nitro groups is 1. The highest BCUT2D eigenvalue weighted by Gasteiger charge is 2.05. The molecule has 0 spiro atoms. The Morgan fingerprint density at radius 3 is 2.65 bits per heavy atom. The van der Waals surface area contributed by atoms with Crippen LogP contribution in [-0.4, -0.2) is 16.5 Å². The van der Waals surface area contributed by atoms with Crippen LogP contribution in [0.25, 0.3) is 0 Å². The zero-order chi connectivity index (χ0) is 14.5. The van der Waals surface area contributed by atoms with E-state index in [2.05, 4.69) is 26.2 Å². The fourth-order valence-corrected chi connectivity index (χ4v) is 1.96. The SMILES string of the molecule is O=[N+]([O-])c1ccc(CCNc2ncc(Br)cc2F)cc1. The van der Waals surface area contributed by atoms with Crippen molar-refractivity contribution in [1.29, 1.82) is 0 Å². The van der Waals surface area contributed by atoms with Crippen molar-refractivity contribution in [2.45, 2.75) is 6.42 Å². The molecule has 0 aliphatic heterocycles. The van der Waals surface area contributed by atoms with Gasteiger partial charge >= 0.3 is 0 Å². The molecule has 1 aromatic carbocycles. The number of aromatic nitrogens is 1. The molecule has 20 heavy (non-hydrogen) atoms. The summed E-state index contributed by atoms with van der Waals surface area (Å²) in [5.74, 6) is -0.238. The number of rotatable bonds is 5. The first-order valence-electron chi connectivity index (χ1n) is 5.84. The van der Waals surface area contributed by atoms with Crippen molar-refractivity contribution < 1.29 is 9.31 Å². The van der Waals surface area contributed by atoms with Crippen molar-refractivity contribution in [3.63, 3.8) is 0 Å². The summed E-state index contributed by atoms with van der Waals surface area (Å²) in [6, 6.07) is 7.61. The van der Waals surface area contributed by atoms with Crippen molar-refractivity contribution in [2.75, 3.05) is 11.9 Å². The number of anilines is 1. The number of nitrogens with zero attached hydrogens (tertiary/aromatic N) is 2. The first kappa shape index (κ1) is 14.4. The van der Waals surface area contributed by atoms with Crippen LogP contribution in [0.1, 0.15) is 5.56 Å². The van der Waals surface area contributed by atoms with Crippen molar-refractivity contribution >= 4 is 27.4 Å². The van der Waals surface area contributed by atoms with E-state index in [1.807, 2.05) is 0 Å². The van der Waals surface area contributed by atoms with Gasteiger partial charge in [-0.05, 0) is 34.0 Å². The average Bonchev–Trinajstić information content (AvgIpc) is 2.42. The molecule has 0 amide bonds. The molecule has 1 N–H and O–H groups in total. The van der Waals surface area contributed by atoms with Gasteiger partial charge in [0.15, 0.2) is 11.6 Å². The van der Waals surface area contributed by atoms with E-state index in [1.54, 1.807) is 12.1 Å². The standard InChI is InChI=1S/C13H11BrFN3O2/c14-10-7-12(15)13(17-8-10)16-6-5-9-1-3-11(4-2-9)18(19)20/h1-4,7-8H,5-6H2,(H,16,17). The number of non-ortho nitro benzene ring substituents is 1. The summed E-state index contributed by atoms with van der Waals surface area (Å²) in [5.41, 5.74) is 0.989. The lowest BCUT2D eigenvalue weighted by Gasteiger charge is -2.06. The number of hydrogen-bond donors (Lipinski definition) is 1. The van der Waals surface area contributed by atoms with E-state index < -0.39 is 10.7 Å². The van der Waals surface area contributed by atoms with Crippen molar-refractivity contribution in [3.05, 3.63) is 62.5 Å². The first-order valence-corrected chi connectivity index (χ1v) is 6.64. The fraction of sp³-hybridized carbons (Fsp3) is 0.154. The van der Waals surface area contributed by atoms with Gasteiger partial charge in [0.1, 0.15) is 0 Å². The number of nitrogens with one attached hydrogen (secondary N) is 1. The Labute approximate surface area is 123 Å². The topological polar surface area (TPSA) is 68.1 Å². The van der Waals surface area contributed by atoms with E-state index in [4.69, 9.17) is 0 Å². The maximum Gasteiger partial charge on any atom is 0.269 e. The van der Waals surface area contributed by atoms with Crippen molar-refractivity contribution in [3.8, 4) is 0 Å². The zero-order valence-corrected chi connectivity index (χ0v) is 11.9. The molecule has 0 aliphatic carbocycles. The molecule has 0 atom stereocenters. The summed E-state index contributed by atoms with van der Waals surface area (Å²) >= 11 is 3.13. The third kappa shape index (κ3) is 3.74. The van der Waals surface area contributed by atoms with Crippen molar-refractivity contribution in [2.24, 2.45) is 0 Å². The molecule has 5 nitrogen and oxygen atoms in total. The molecule has 7 heteroatoms. The predicted octanol–water partition coefficient (Wildman–Crippen LogP) is 3.55. The monoisotopic (exact) mass is 339 g/mol. The van der Waals surface area contributed by atoms with E-state index in [-0.39, 0.29) is 11.5 Å². The summed E-state index contributed by atoms with van der Waals surface area (Å²) in [5, 5.41) is 13.4. The van der Waals surface area contributed by atoms with Crippen LogP contribution in [-0.2, 0) is 6.42 Å². The van der Waals surface area contributed by atoms with Crippen LogP contribution < -0.4 is 5.32 Å². The normalized spacial score (nSPS) is 10.3. The van der Waals surface area contributed by atoms with Gasteiger partial charge in [0.05, 0.1) is 4.92 Å². The van der Waals surface area contributed by atoms with E-state index in [1.165, 1.54) is 24.4 Å². The second-order valence-electron chi connectivity index (χ2n) is 4.08. The van der Waals surface area contributed by atoms with Gasteiger partial charge in [0, 0.05) is 29.3 Å². The maximum atomic E-state index is 13.5. The number of nitro benzene ring substituents is 1. The third-order valence-corrected chi connectivity index (χ3v) is 3.09. The molecule has 0 fully saturated rings. The van der Waals surface area contributed by atoms with Gasteiger partial charge in [-0.25, -0.2) is 9.37 Å². The lowest BCUT2D eigenvalue weighted by atomic mass is 10.1. The van der Waals surface area contributed by atoms with Gasteiger partial charge < -0.3 is 5.32 Å². The largest absolute Gasteiger partial charge is 0.367 e.